The molecule has 2 amide bonds. The Morgan fingerprint density at radius 2 is 2.11 bits per heavy atom. The second kappa shape index (κ2) is 4.57. The third-order valence-electron chi connectivity index (χ3n) is 3.05. The molecular formula is C13H12N2O2S. The zero-order valence-corrected chi connectivity index (χ0v) is 10.5. The zero-order chi connectivity index (χ0) is 12.5. The van der Waals surface area contributed by atoms with E-state index in [0.29, 0.717) is 12.8 Å². The van der Waals surface area contributed by atoms with Crippen LogP contribution in [0.4, 0.5) is 5.69 Å². The van der Waals surface area contributed by atoms with Crippen molar-refractivity contribution in [2.24, 2.45) is 4.99 Å². The Bertz CT molecular complexity index is 554. The summed E-state index contributed by atoms with van der Waals surface area (Å²) in [7, 11) is 0. The van der Waals surface area contributed by atoms with E-state index in [4.69, 9.17) is 0 Å². The second-order valence-corrected chi connectivity index (χ2v) is 5.64. The molecule has 3 rings (SSSR count). The predicted octanol–water partition coefficient (Wildman–Crippen LogP) is 1.81. The van der Waals surface area contributed by atoms with Crippen LogP contribution in [0.15, 0.2) is 29.3 Å². The van der Waals surface area contributed by atoms with Crippen molar-refractivity contribution in [3.05, 3.63) is 29.8 Å². The summed E-state index contributed by atoms with van der Waals surface area (Å²) in [5.41, 5.74) is 2.19. The monoisotopic (exact) mass is 260 g/mol. The SMILES string of the molecule is O=C1CCC(SC2=Nc3ccccc3C2)C(=O)N1. The standard InChI is InChI=1S/C13H12N2O2S/c16-11-6-5-10(13(17)15-11)18-12-7-8-3-1-2-4-9(8)14-12/h1-4,10H,5-7H2,(H,15,16,17). The highest BCUT2D eigenvalue weighted by atomic mass is 32.2. The van der Waals surface area contributed by atoms with E-state index in [9.17, 15) is 9.59 Å². The molecule has 5 heteroatoms. The van der Waals surface area contributed by atoms with Gasteiger partial charge in [-0.05, 0) is 18.1 Å². The van der Waals surface area contributed by atoms with Gasteiger partial charge >= 0.3 is 0 Å². The summed E-state index contributed by atoms with van der Waals surface area (Å²) in [6.45, 7) is 0. The molecule has 1 N–H and O–H groups in total. The first kappa shape index (κ1) is 11.5. The smallest absolute Gasteiger partial charge is 0.240 e. The average Bonchev–Trinajstić information content (AvgIpc) is 2.75. The second-order valence-electron chi connectivity index (χ2n) is 4.37. The lowest BCUT2D eigenvalue weighted by Gasteiger charge is -2.19. The molecule has 1 unspecified atom stereocenters. The van der Waals surface area contributed by atoms with Gasteiger partial charge in [0.1, 0.15) is 0 Å². The Hall–Kier alpha value is -1.62. The Kier molecular flexibility index (Phi) is 2.91. The van der Waals surface area contributed by atoms with E-state index in [1.165, 1.54) is 17.3 Å². The van der Waals surface area contributed by atoms with E-state index in [1.807, 2.05) is 18.2 Å². The number of piperidine rings is 1. The van der Waals surface area contributed by atoms with Crippen molar-refractivity contribution >= 4 is 34.3 Å². The number of nitrogens with one attached hydrogen (secondary N) is 1. The Labute approximate surface area is 109 Å². The van der Waals surface area contributed by atoms with Crippen LogP contribution in [0, 0.1) is 0 Å². The fraction of sp³-hybridized carbons (Fsp3) is 0.308. The van der Waals surface area contributed by atoms with E-state index >= 15 is 0 Å². The number of rotatable bonds is 1. The molecule has 0 bridgehead atoms. The predicted molar refractivity (Wildman–Crippen MR) is 71.0 cm³/mol. The van der Waals surface area contributed by atoms with Crippen molar-refractivity contribution in [1.29, 1.82) is 0 Å². The number of benzene rings is 1. The molecule has 1 aromatic rings. The van der Waals surface area contributed by atoms with Gasteiger partial charge in [-0.1, -0.05) is 30.0 Å². The number of imide groups is 1. The van der Waals surface area contributed by atoms with E-state index in [-0.39, 0.29) is 17.1 Å². The fourth-order valence-corrected chi connectivity index (χ4v) is 3.24. The third kappa shape index (κ3) is 2.18. The van der Waals surface area contributed by atoms with Gasteiger partial charge in [0, 0.05) is 12.8 Å². The minimum atomic E-state index is -0.185. The van der Waals surface area contributed by atoms with Crippen LogP contribution in [0.25, 0.3) is 0 Å². The number of para-hydroxylation sites is 1. The number of thioether (sulfide) groups is 1. The van der Waals surface area contributed by atoms with Crippen LogP contribution in [0.3, 0.4) is 0 Å². The van der Waals surface area contributed by atoms with Crippen LogP contribution in [-0.4, -0.2) is 22.1 Å². The first-order valence-corrected chi connectivity index (χ1v) is 6.76. The first-order valence-electron chi connectivity index (χ1n) is 5.88. The van der Waals surface area contributed by atoms with Crippen LogP contribution in [0.2, 0.25) is 0 Å². The quantitative estimate of drug-likeness (QED) is 0.783. The molecular weight excluding hydrogens is 248 g/mol. The molecule has 0 aromatic heterocycles. The van der Waals surface area contributed by atoms with Gasteiger partial charge in [0.05, 0.1) is 16.0 Å². The molecule has 0 saturated carbocycles. The van der Waals surface area contributed by atoms with Crippen molar-refractivity contribution in [2.45, 2.75) is 24.5 Å². The summed E-state index contributed by atoms with van der Waals surface area (Å²) in [4.78, 5) is 27.2. The van der Waals surface area contributed by atoms with Crippen molar-refractivity contribution in [2.75, 3.05) is 0 Å². The van der Waals surface area contributed by atoms with E-state index in [2.05, 4.69) is 16.4 Å². The van der Waals surface area contributed by atoms with E-state index in [1.54, 1.807) is 0 Å². The van der Waals surface area contributed by atoms with Gasteiger partial charge < -0.3 is 0 Å². The van der Waals surface area contributed by atoms with Crippen molar-refractivity contribution in [3.63, 3.8) is 0 Å². The third-order valence-corrected chi connectivity index (χ3v) is 4.29. The van der Waals surface area contributed by atoms with Gasteiger partial charge in [-0.2, -0.15) is 0 Å². The highest BCUT2D eigenvalue weighted by molar-refractivity contribution is 8.15. The minimum absolute atomic E-state index is 0.173. The van der Waals surface area contributed by atoms with Gasteiger partial charge in [0.25, 0.3) is 0 Å². The number of hydrogen-bond donors (Lipinski definition) is 1. The lowest BCUT2D eigenvalue weighted by molar-refractivity contribution is -0.132. The topological polar surface area (TPSA) is 58.5 Å². The maximum atomic E-state index is 11.7. The average molecular weight is 260 g/mol. The van der Waals surface area contributed by atoms with Crippen LogP contribution >= 0.6 is 11.8 Å². The van der Waals surface area contributed by atoms with Crippen molar-refractivity contribution in [1.82, 2.24) is 5.32 Å². The summed E-state index contributed by atoms with van der Waals surface area (Å²) in [5, 5.41) is 3.15. The maximum absolute atomic E-state index is 11.7. The number of hydrogen-bond acceptors (Lipinski definition) is 4. The minimum Gasteiger partial charge on any atom is -0.295 e. The molecule has 1 aromatic carbocycles. The molecule has 2 aliphatic heterocycles. The van der Waals surface area contributed by atoms with Crippen LogP contribution in [-0.2, 0) is 16.0 Å². The van der Waals surface area contributed by atoms with Gasteiger partial charge in [0.15, 0.2) is 0 Å². The fourth-order valence-electron chi connectivity index (χ4n) is 2.12. The number of carbonyl (C=O) groups excluding carboxylic acids is 2. The first-order chi connectivity index (χ1) is 8.72. The Morgan fingerprint density at radius 1 is 1.28 bits per heavy atom. The largest absolute Gasteiger partial charge is 0.295 e. The molecule has 4 nitrogen and oxygen atoms in total. The van der Waals surface area contributed by atoms with Crippen LogP contribution < -0.4 is 5.32 Å². The normalized spacial score (nSPS) is 22.4. The molecule has 2 aliphatic rings. The molecule has 0 aliphatic carbocycles. The number of nitrogens with zero attached hydrogens (tertiary/aromatic N) is 1. The van der Waals surface area contributed by atoms with Gasteiger partial charge in [-0.3, -0.25) is 14.9 Å². The van der Waals surface area contributed by atoms with Gasteiger partial charge in [-0.25, -0.2) is 4.99 Å². The molecule has 18 heavy (non-hydrogen) atoms. The van der Waals surface area contributed by atoms with Crippen LogP contribution in [0.5, 0.6) is 0 Å². The van der Waals surface area contributed by atoms with Gasteiger partial charge in [-0.15, -0.1) is 0 Å². The summed E-state index contributed by atoms with van der Waals surface area (Å²) >= 11 is 1.48. The van der Waals surface area contributed by atoms with Gasteiger partial charge in [0.2, 0.25) is 11.8 Å². The summed E-state index contributed by atoms with van der Waals surface area (Å²) in [6.07, 6.45) is 1.81. The number of fused-ring (bicyclic) bond motifs is 1. The summed E-state index contributed by atoms with van der Waals surface area (Å²) < 4.78 is 0. The van der Waals surface area contributed by atoms with Crippen LogP contribution in [0.1, 0.15) is 18.4 Å². The Balaban J connectivity index is 1.69. The highest BCUT2D eigenvalue weighted by Gasteiger charge is 2.29. The molecule has 1 saturated heterocycles. The summed E-state index contributed by atoms with van der Waals surface area (Å²) in [6, 6.07) is 7.99. The zero-order valence-electron chi connectivity index (χ0n) is 9.68. The number of carbonyl (C=O) groups is 2. The lowest BCUT2D eigenvalue weighted by Crippen LogP contribution is -2.42. The van der Waals surface area contributed by atoms with E-state index in [0.717, 1.165) is 17.2 Å². The maximum Gasteiger partial charge on any atom is 0.240 e. The van der Waals surface area contributed by atoms with Crippen molar-refractivity contribution < 1.29 is 9.59 Å². The lowest BCUT2D eigenvalue weighted by atomic mass is 10.1. The number of aliphatic imine (C=N–C) groups is 1. The molecule has 92 valence electrons. The molecule has 1 fully saturated rings. The van der Waals surface area contributed by atoms with E-state index < -0.39 is 0 Å². The molecule has 0 spiro atoms. The number of amides is 2. The highest BCUT2D eigenvalue weighted by Crippen LogP contribution is 2.32. The Morgan fingerprint density at radius 3 is 2.89 bits per heavy atom. The summed E-state index contributed by atoms with van der Waals surface area (Å²) in [5.74, 6) is -0.358. The molecule has 2 heterocycles. The van der Waals surface area contributed by atoms with Crippen molar-refractivity contribution in [3.8, 4) is 0 Å². The molecule has 1 atom stereocenters. The molecule has 0 radical (unpaired) electrons.